The Morgan fingerprint density at radius 2 is 2.10 bits per heavy atom. The molecule has 1 unspecified atom stereocenters. The van der Waals surface area contributed by atoms with Gasteiger partial charge in [0, 0.05) is 6.54 Å². The van der Waals surface area contributed by atoms with E-state index in [1.807, 2.05) is 0 Å². The van der Waals surface area contributed by atoms with Gasteiger partial charge in [0.1, 0.15) is 12.0 Å². The summed E-state index contributed by atoms with van der Waals surface area (Å²) in [6.45, 7) is 3.90. The van der Waals surface area contributed by atoms with E-state index in [4.69, 9.17) is 5.84 Å². The number of hydrogen-bond acceptors (Lipinski definition) is 5. The number of rotatable bonds is 8. The first-order valence-electron chi connectivity index (χ1n) is 6.18. The zero-order chi connectivity index (χ0) is 15.0. The minimum absolute atomic E-state index is 0.00800. The standard InChI is InChI=1S/C14H19N3O3/c1-2-7-17(15)9-14(20)16-12(10-18)8-11-3-5-13(19)6-4-11/h2-6,10,12,19H,1,7-9,15H2,(H,16,20). The molecule has 0 fully saturated rings. The van der Waals surface area contributed by atoms with Crippen molar-refractivity contribution in [2.45, 2.75) is 12.5 Å². The molecular weight excluding hydrogens is 258 g/mol. The number of hydrogen-bond donors (Lipinski definition) is 3. The van der Waals surface area contributed by atoms with Crippen molar-refractivity contribution >= 4 is 12.2 Å². The number of aldehydes is 1. The number of hydrazine groups is 1. The van der Waals surface area contributed by atoms with Gasteiger partial charge in [0.15, 0.2) is 0 Å². The maximum absolute atomic E-state index is 11.7. The molecule has 0 saturated heterocycles. The summed E-state index contributed by atoms with van der Waals surface area (Å²) < 4.78 is 0. The van der Waals surface area contributed by atoms with Gasteiger partial charge < -0.3 is 15.2 Å². The van der Waals surface area contributed by atoms with Crippen molar-refractivity contribution in [2.24, 2.45) is 5.84 Å². The molecule has 108 valence electrons. The Balaban J connectivity index is 2.50. The van der Waals surface area contributed by atoms with Gasteiger partial charge in [-0.3, -0.25) is 10.6 Å². The summed E-state index contributed by atoms with van der Waals surface area (Å²) in [5.74, 6) is 5.38. The van der Waals surface area contributed by atoms with Crippen molar-refractivity contribution in [1.29, 1.82) is 0 Å². The van der Waals surface area contributed by atoms with Crippen LogP contribution in [0.3, 0.4) is 0 Å². The van der Waals surface area contributed by atoms with Crippen molar-refractivity contribution in [1.82, 2.24) is 10.3 Å². The fourth-order valence-electron chi connectivity index (χ4n) is 1.69. The number of phenolic OH excluding ortho intramolecular Hbond substituents is 1. The average molecular weight is 277 g/mol. The lowest BCUT2D eigenvalue weighted by Crippen LogP contribution is -2.45. The number of amides is 1. The third-order valence-electron chi connectivity index (χ3n) is 2.61. The normalized spacial score (nSPS) is 11.9. The minimum Gasteiger partial charge on any atom is -0.508 e. The Hall–Kier alpha value is -2.18. The molecule has 0 aromatic heterocycles. The molecule has 0 aliphatic carbocycles. The fourth-order valence-corrected chi connectivity index (χ4v) is 1.69. The first kappa shape index (κ1) is 15.9. The summed E-state index contributed by atoms with van der Waals surface area (Å²) in [6.07, 6.45) is 2.63. The summed E-state index contributed by atoms with van der Waals surface area (Å²) in [7, 11) is 0. The van der Waals surface area contributed by atoms with Crippen LogP contribution in [0.5, 0.6) is 5.75 Å². The molecule has 20 heavy (non-hydrogen) atoms. The van der Waals surface area contributed by atoms with Crippen LogP contribution in [0, 0.1) is 0 Å². The molecule has 0 aliphatic rings. The number of carbonyl (C=O) groups excluding carboxylic acids is 2. The summed E-state index contributed by atoms with van der Waals surface area (Å²) >= 11 is 0. The number of phenols is 1. The highest BCUT2D eigenvalue weighted by Gasteiger charge is 2.13. The van der Waals surface area contributed by atoms with E-state index in [1.54, 1.807) is 18.2 Å². The van der Waals surface area contributed by atoms with Gasteiger partial charge in [-0.25, -0.2) is 5.01 Å². The van der Waals surface area contributed by atoms with Gasteiger partial charge in [-0.15, -0.1) is 6.58 Å². The molecule has 0 spiro atoms. The van der Waals surface area contributed by atoms with Crippen molar-refractivity contribution in [2.75, 3.05) is 13.1 Å². The zero-order valence-corrected chi connectivity index (χ0v) is 11.2. The molecule has 0 heterocycles. The lowest BCUT2D eigenvalue weighted by atomic mass is 10.1. The summed E-state index contributed by atoms with van der Waals surface area (Å²) in [5.41, 5.74) is 0.843. The van der Waals surface area contributed by atoms with Gasteiger partial charge in [0.2, 0.25) is 5.91 Å². The number of nitrogens with two attached hydrogens (primary N) is 1. The Morgan fingerprint density at radius 1 is 1.45 bits per heavy atom. The van der Waals surface area contributed by atoms with Crippen LogP contribution >= 0.6 is 0 Å². The molecule has 0 radical (unpaired) electrons. The van der Waals surface area contributed by atoms with E-state index in [0.29, 0.717) is 19.3 Å². The molecule has 0 aliphatic heterocycles. The highest BCUT2D eigenvalue weighted by atomic mass is 16.3. The van der Waals surface area contributed by atoms with E-state index in [1.165, 1.54) is 17.1 Å². The molecule has 1 amide bonds. The van der Waals surface area contributed by atoms with Gasteiger partial charge in [-0.2, -0.15) is 0 Å². The van der Waals surface area contributed by atoms with E-state index < -0.39 is 6.04 Å². The lowest BCUT2D eigenvalue weighted by molar-refractivity contribution is -0.124. The van der Waals surface area contributed by atoms with Crippen LogP contribution in [0.15, 0.2) is 36.9 Å². The van der Waals surface area contributed by atoms with Gasteiger partial charge in [0.05, 0.1) is 12.6 Å². The van der Waals surface area contributed by atoms with E-state index in [9.17, 15) is 14.7 Å². The zero-order valence-electron chi connectivity index (χ0n) is 11.2. The molecule has 4 N–H and O–H groups in total. The monoisotopic (exact) mass is 277 g/mol. The molecule has 1 rings (SSSR count). The third kappa shape index (κ3) is 5.64. The number of carbonyl (C=O) groups is 2. The van der Waals surface area contributed by atoms with E-state index >= 15 is 0 Å². The number of nitrogens with zero attached hydrogens (tertiary/aromatic N) is 1. The maximum Gasteiger partial charge on any atom is 0.236 e. The average Bonchev–Trinajstić information content (AvgIpc) is 2.40. The third-order valence-corrected chi connectivity index (χ3v) is 2.61. The smallest absolute Gasteiger partial charge is 0.236 e. The predicted molar refractivity (Wildman–Crippen MR) is 75.8 cm³/mol. The molecule has 1 atom stereocenters. The van der Waals surface area contributed by atoms with Gasteiger partial charge >= 0.3 is 0 Å². The number of nitrogens with one attached hydrogen (secondary N) is 1. The van der Waals surface area contributed by atoms with Crippen LogP contribution in [-0.2, 0) is 16.0 Å². The summed E-state index contributed by atoms with van der Waals surface area (Å²) in [5, 5.41) is 13.1. The second kappa shape index (κ2) is 8.08. The molecular formula is C14H19N3O3. The maximum atomic E-state index is 11.7. The summed E-state index contributed by atoms with van der Waals surface area (Å²) in [4.78, 5) is 22.7. The van der Waals surface area contributed by atoms with Gasteiger partial charge in [0.25, 0.3) is 0 Å². The highest BCUT2D eigenvalue weighted by Crippen LogP contribution is 2.10. The Bertz CT molecular complexity index is 459. The van der Waals surface area contributed by atoms with Crippen LogP contribution in [0.2, 0.25) is 0 Å². The minimum atomic E-state index is -0.621. The topological polar surface area (TPSA) is 95.7 Å². The lowest BCUT2D eigenvalue weighted by Gasteiger charge is -2.17. The second-order valence-corrected chi connectivity index (χ2v) is 4.40. The van der Waals surface area contributed by atoms with Crippen molar-refractivity contribution < 1.29 is 14.7 Å². The van der Waals surface area contributed by atoms with Crippen LogP contribution in [0.4, 0.5) is 0 Å². The van der Waals surface area contributed by atoms with E-state index in [-0.39, 0.29) is 18.2 Å². The van der Waals surface area contributed by atoms with Crippen molar-refractivity contribution in [3.8, 4) is 5.75 Å². The van der Waals surface area contributed by atoms with Crippen molar-refractivity contribution in [3.63, 3.8) is 0 Å². The number of aromatic hydroxyl groups is 1. The van der Waals surface area contributed by atoms with E-state index in [2.05, 4.69) is 11.9 Å². The van der Waals surface area contributed by atoms with Crippen molar-refractivity contribution in [3.05, 3.63) is 42.5 Å². The first-order valence-corrected chi connectivity index (χ1v) is 6.18. The molecule has 1 aromatic rings. The Labute approximate surface area is 117 Å². The van der Waals surface area contributed by atoms with Gasteiger partial charge in [-0.05, 0) is 24.1 Å². The van der Waals surface area contributed by atoms with Gasteiger partial charge in [-0.1, -0.05) is 18.2 Å². The van der Waals surface area contributed by atoms with Crippen LogP contribution in [0.1, 0.15) is 5.56 Å². The van der Waals surface area contributed by atoms with Crippen LogP contribution < -0.4 is 11.2 Å². The molecule has 6 heteroatoms. The quantitative estimate of drug-likeness (QED) is 0.269. The molecule has 1 aromatic carbocycles. The summed E-state index contributed by atoms with van der Waals surface area (Å²) in [6, 6.07) is 5.84. The number of benzene rings is 1. The fraction of sp³-hybridized carbons (Fsp3) is 0.286. The SMILES string of the molecule is C=CCN(N)CC(=O)NC(C=O)Cc1ccc(O)cc1. The van der Waals surface area contributed by atoms with Crippen LogP contribution in [-0.4, -0.2) is 41.4 Å². The predicted octanol–water partition coefficient (Wildman–Crippen LogP) is -0.0199. The first-order chi connectivity index (χ1) is 9.55. The van der Waals surface area contributed by atoms with Crippen LogP contribution in [0.25, 0.3) is 0 Å². The Morgan fingerprint density at radius 3 is 2.65 bits per heavy atom. The van der Waals surface area contributed by atoms with E-state index in [0.717, 1.165) is 5.56 Å². The second-order valence-electron chi connectivity index (χ2n) is 4.40. The molecule has 6 nitrogen and oxygen atoms in total. The largest absolute Gasteiger partial charge is 0.508 e. The highest BCUT2D eigenvalue weighted by molar-refractivity contribution is 5.81. The Kier molecular flexibility index (Phi) is 6.42. The molecule has 0 bridgehead atoms. The molecule has 0 saturated carbocycles.